The monoisotopic (exact) mass is 248 g/mol. The van der Waals surface area contributed by atoms with E-state index in [4.69, 9.17) is 5.11 Å². The molecular formula is C13H16N2O3. The van der Waals surface area contributed by atoms with Gasteiger partial charge in [-0.2, -0.15) is 0 Å². The molecule has 0 fully saturated rings. The summed E-state index contributed by atoms with van der Waals surface area (Å²) in [4.78, 5) is 26.5. The molecule has 0 atom stereocenters. The molecule has 1 aliphatic heterocycles. The number of anilines is 1. The Labute approximate surface area is 106 Å². The molecule has 0 spiro atoms. The van der Waals surface area contributed by atoms with Gasteiger partial charge in [0, 0.05) is 12.2 Å². The highest BCUT2D eigenvalue weighted by Gasteiger charge is 2.25. The van der Waals surface area contributed by atoms with Crippen LogP contribution in [-0.4, -0.2) is 49.1 Å². The first-order valence-electron chi connectivity index (χ1n) is 5.80. The maximum Gasteiger partial charge on any atom is 0.335 e. The minimum atomic E-state index is -0.968. The van der Waals surface area contributed by atoms with Gasteiger partial charge in [0.15, 0.2) is 0 Å². The maximum absolute atomic E-state index is 12.0. The Bertz CT molecular complexity index is 497. The van der Waals surface area contributed by atoms with Gasteiger partial charge in [-0.25, -0.2) is 4.79 Å². The molecule has 0 unspecified atom stereocenters. The number of fused-ring (bicyclic) bond motifs is 1. The molecule has 18 heavy (non-hydrogen) atoms. The third-order valence-corrected chi connectivity index (χ3v) is 2.98. The average Bonchev–Trinajstić information content (AvgIpc) is 2.70. The zero-order valence-electron chi connectivity index (χ0n) is 10.5. The first-order valence-corrected chi connectivity index (χ1v) is 5.80. The summed E-state index contributed by atoms with van der Waals surface area (Å²) in [5.41, 5.74) is 1.99. The normalized spacial score (nSPS) is 13.8. The number of nitrogens with zero attached hydrogens (tertiary/aromatic N) is 2. The fourth-order valence-corrected chi connectivity index (χ4v) is 2.13. The predicted octanol–water partition coefficient (Wildman–Crippen LogP) is 0.836. The number of benzene rings is 1. The number of amides is 1. The van der Waals surface area contributed by atoms with E-state index in [9.17, 15) is 9.59 Å². The molecule has 5 heteroatoms. The molecule has 1 aliphatic rings. The molecule has 1 aromatic rings. The molecule has 0 aromatic heterocycles. The zero-order valence-corrected chi connectivity index (χ0v) is 10.5. The summed E-state index contributed by atoms with van der Waals surface area (Å²) in [5, 5.41) is 8.97. The highest BCUT2D eigenvalue weighted by Crippen LogP contribution is 2.29. The number of rotatable bonds is 3. The van der Waals surface area contributed by atoms with Crippen molar-refractivity contribution in [1.29, 1.82) is 0 Å². The Balaban J connectivity index is 2.28. The van der Waals surface area contributed by atoms with Gasteiger partial charge >= 0.3 is 5.97 Å². The van der Waals surface area contributed by atoms with Crippen LogP contribution in [0, 0.1) is 0 Å². The minimum Gasteiger partial charge on any atom is -0.478 e. The fraction of sp³-hybridized carbons (Fsp3) is 0.385. The standard InChI is InChI=1S/C13H16N2O3/c1-14(2)8-12(16)15-6-5-9-3-4-10(13(17)18)7-11(9)15/h3-4,7H,5-6,8H2,1-2H3,(H,17,18). The van der Waals surface area contributed by atoms with Crippen LogP contribution in [-0.2, 0) is 11.2 Å². The molecule has 0 saturated carbocycles. The Morgan fingerprint density at radius 1 is 1.39 bits per heavy atom. The van der Waals surface area contributed by atoms with Crippen LogP contribution in [0.3, 0.4) is 0 Å². The van der Waals surface area contributed by atoms with E-state index >= 15 is 0 Å². The van der Waals surface area contributed by atoms with E-state index in [1.807, 2.05) is 14.1 Å². The van der Waals surface area contributed by atoms with E-state index in [2.05, 4.69) is 0 Å². The second-order valence-electron chi connectivity index (χ2n) is 4.68. The molecule has 1 N–H and O–H groups in total. The quantitative estimate of drug-likeness (QED) is 0.861. The first-order chi connectivity index (χ1) is 8.49. The van der Waals surface area contributed by atoms with Gasteiger partial charge in [0.2, 0.25) is 5.91 Å². The molecule has 1 heterocycles. The van der Waals surface area contributed by atoms with Crippen molar-refractivity contribution in [2.24, 2.45) is 0 Å². The Hall–Kier alpha value is -1.88. The van der Waals surface area contributed by atoms with Crippen molar-refractivity contribution < 1.29 is 14.7 Å². The molecule has 96 valence electrons. The predicted molar refractivity (Wildman–Crippen MR) is 68.0 cm³/mol. The molecule has 0 radical (unpaired) electrons. The summed E-state index contributed by atoms with van der Waals surface area (Å²) in [7, 11) is 3.67. The number of hydrogen-bond donors (Lipinski definition) is 1. The number of carboxylic acid groups (broad SMARTS) is 1. The van der Waals surface area contributed by atoms with Crippen molar-refractivity contribution in [1.82, 2.24) is 4.90 Å². The van der Waals surface area contributed by atoms with Gasteiger partial charge in [-0.15, -0.1) is 0 Å². The highest BCUT2D eigenvalue weighted by atomic mass is 16.4. The van der Waals surface area contributed by atoms with E-state index < -0.39 is 5.97 Å². The number of aromatic carboxylic acids is 1. The van der Waals surface area contributed by atoms with E-state index in [1.54, 1.807) is 28.0 Å². The molecule has 0 bridgehead atoms. The van der Waals surface area contributed by atoms with E-state index in [-0.39, 0.29) is 11.5 Å². The van der Waals surface area contributed by atoms with E-state index in [1.165, 1.54) is 0 Å². The molecule has 5 nitrogen and oxygen atoms in total. The van der Waals surface area contributed by atoms with Crippen LogP contribution in [0.4, 0.5) is 5.69 Å². The van der Waals surface area contributed by atoms with E-state index in [0.29, 0.717) is 13.1 Å². The van der Waals surface area contributed by atoms with Crippen LogP contribution in [0.2, 0.25) is 0 Å². The molecule has 1 amide bonds. The van der Waals surface area contributed by atoms with Gasteiger partial charge in [0.1, 0.15) is 0 Å². The van der Waals surface area contributed by atoms with Gasteiger partial charge in [-0.05, 0) is 38.2 Å². The van der Waals surface area contributed by atoms with Crippen molar-refractivity contribution in [2.45, 2.75) is 6.42 Å². The number of carbonyl (C=O) groups excluding carboxylic acids is 1. The lowest BCUT2D eigenvalue weighted by molar-refractivity contribution is -0.119. The van der Waals surface area contributed by atoms with E-state index in [0.717, 1.165) is 17.7 Å². The number of likely N-dealkylation sites (N-methyl/N-ethyl adjacent to an activating group) is 1. The highest BCUT2D eigenvalue weighted by molar-refractivity contribution is 5.98. The van der Waals surface area contributed by atoms with Gasteiger partial charge in [0.05, 0.1) is 12.1 Å². The number of carbonyl (C=O) groups is 2. The van der Waals surface area contributed by atoms with Crippen LogP contribution >= 0.6 is 0 Å². The Morgan fingerprint density at radius 2 is 2.11 bits per heavy atom. The van der Waals surface area contributed by atoms with Crippen molar-refractivity contribution >= 4 is 17.6 Å². The van der Waals surface area contributed by atoms with Crippen molar-refractivity contribution in [3.8, 4) is 0 Å². The van der Waals surface area contributed by atoms with Gasteiger partial charge in [0.25, 0.3) is 0 Å². The largest absolute Gasteiger partial charge is 0.478 e. The summed E-state index contributed by atoms with van der Waals surface area (Å²) in [5.74, 6) is -0.967. The van der Waals surface area contributed by atoms with Crippen molar-refractivity contribution in [2.75, 3.05) is 32.1 Å². The zero-order chi connectivity index (χ0) is 13.3. The van der Waals surface area contributed by atoms with Crippen LogP contribution in [0.1, 0.15) is 15.9 Å². The third kappa shape index (κ3) is 2.36. The lowest BCUT2D eigenvalue weighted by Crippen LogP contribution is -2.36. The second-order valence-corrected chi connectivity index (χ2v) is 4.68. The van der Waals surface area contributed by atoms with Crippen LogP contribution in [0.15, 0.2) is 18.2 Å². The summed E-state index contributed by atoms with van der Waals surface area (Å²) in [6.45, 7) is 0.960. The summed E-state index contributed by atoms with van der Waals surface area (Å²) < 4.78 is 0. The smallest absolute Gasteiger partial charge is 0.335 e. The molecule has 0 saturated heterocycles. The summed E-state index contributed by atoms with van der Waals surface area (Å²) in [6, 6.07) is 4.96. The van der Waals surface area contributed by atoms with Crippen LogP contribution in [0.5, 0.6) is 0 Å². The summed E-state index contributed by atoms with van der Waals surface area (Å²) in [6.07, 6.45) is 0.786. The third-order valence-electron chi connectivity index (χ3n) is 2.98. The second kappa shape index (κ2) is 4.78. The topological polar surface area (TPSA) is 60.9 Å². The average molecular weight is 248 g/mol. The fourth-order valence-electron chi connectivity index (χ4n) is 2.13. The maximum atomic E-state index is 12.0. The molecule has 0 aliphatic carbocycles. The van der Waals surface area contributed by atoms with Crippen LogP contribution < -0.4 is 4.90 Å². The van der Waals surface area contributed by atoms with Gasteiger partial charge < -0.3 is 14.9 Å². The van der Waals surface area contributed by atoms with Crippen molar-refractivity contribution in [3.63, 3.8) is 0 Å². The Kier molecular flexibility index (Phi) is 3.34. The number of carboxylic acids is 1. The number of hydrogen-bond acceptors (Lipinski definition) is 3. The van der Waals surface area contributed by atoms with Crippen LogP contribution in [0.25, 0.3) is 0 Å². The van der Waals surface area contributed by atoms with Crippen molar-refractivity contribution in [3.05, 3.63) is 29.3 Å². The lowest BCUT2D eigenvalue weighted by Gasteiger charge is -2.20. The Morgan fingerprint density at radius 3 is 2.72 bits per heavy atom. The lowest BCUT2D eigenvalue weighted by atomic mass is 10.1. The summed E-state index contributed by atoms with van der Waals surface area (Å²) >= 11 is 0. The first kappa shape index (κ1) is 12.6. The SMILES string of the molecule is CN(C)CC(=O)N1CCc2ccc(C(=O)O)cc21. The van der Waals surface area contributed by atoms with Gasteiger partial charge in [-0.3, -0.25) is 4.79 Å². The van der Waals surface area contributed by atoms with Gasteiger partial charge in [-0.1, -0.05) is 6.07 Å². The molecule has 2 rings (SSSR count). The minimum absolute atomic E-state index is 0.00119. The molecule has 1 aromatic carbocycles. The molecular weight excluding hydrogens is 232 g/mol.